The second-order valence-corrected chi connectivity index (χ2v) is 3.66. The lowest BCUT2D eigenvalue weighted by Gasteiger charge is -2.05. The Hall–Kier alpha value is -2.30. The van der Waals surface area contributed by atoms with Crippen LogP contribution in [0.2, 0.25) is 0 Å². The van der Waals surface area contributed by atoms with E-state index in [4.69, 9.17) is 0 Å². The molecule has 1 aromatic carbocycles. The lowest BCUT2D eigenvalue weighted by molar-refractivity contribution is -0.120. The van der Waals surface area contributed by atoms with E-state index in [1.807, 2.05) is 0 Å². The van der Waals surface area contributed by atoms with Crippen molar-refractivity contribution in [2.45, 2.75) is 13.0 Å². The van der Waals surface area contributed by atoms with E-state index in [2.05, 4.69) is 15.3 Å². The summed E-state index contributed by atoms with van der Waals surface area (Å²) >= 11 is 0. The van der Waals surface area contributed by atoms with E-state index >= 15 is 0 Å². The highest BCUT2D eigenvalue weighted by Crippen LogP contribution is 2.15. The second-order valence-electron chi connectivity index (χ2n) is 3.66. The summed E-state index contributed by atoms with van der Waals surface area (Å²) in [4.78, 5) is 18.3. The van der Waals surface area contributed by atoms with Crippen LogP contribution in [0.1, 0.15) is 11.3 Å². The number of H-pyrrole nitrogens is 1. The molecule has 3 N–H and O–H groups in total. The van der Waals surface area contributed by atoms with Gasteiger partial charge in [-0.3, -0.25) is 4.79 Å². The van der Waals surface area contributed by atoms with Crippen molar-refractivity contribution < 1.29 is 9.90 Å². The lowest BCUT2D eigenvalue weighted by Crippen LogP contribution is -2.24. The smallest absolute Gasteiger partial charge is 0.224 e. The maximum atomic E-state index is 11.6. The van der Waals surface area contributed by atoms with Crippen molar-refractivity contribution in [1.82, 2.24) is 15.3 Å². The van der Waals surface area contributed by atoms with Crippen molar-refractivity contribution >= 4 is 5.91 Å². The lowest BCUT2D eigenvalue weighted by atomic mass is 10.1. The zero-order valence-corrected chi connectivity index (χ0v) is 9.18. The molecule has 0 atom stereocenters. The third-order valence-corrected chi connectivity index (χ3v) is 2.37. The number of hydrogen-bond donors (Lipinski definition) is 3. The number of nitrogens with zero attached hydrogens (tertiary/aromatic N) is 1. The zero-order chi connectivity index (χ0) is 12.1. The topological polar surface area (TPSA) is 78.0 Å². The first-order valence-electron chi connectivity index (χ1n) is 5.26. The van der Waals surface area contributed by atoms with E-state index in [-0.39, 0.29) is 18.1 Å². The molecule has 0 fully saturated rings. The van der Waals surface area contributed by atoms with Gasteiger partial charge in [-0.15, -0.1) is 0 Å². The third-order valence-electron chi connectivity index (χ3n) is 2.37. The number of carbonyl (C=O) groups excluding carboxylic acids is 1. The Morgan fingerprint density at radius 1 is 1.41 bits per heavy atom. The van der Waals surface area contributed by atoms with Gasteiger partial charge in [0.15, 0.2) is 0 Å². The van der Waals surface area contributed by atoms with E-state index < -0.39 is 0 Å². The highest BCUT2D eigenvalue weighted by atomic mass is 16.3. The van der Waals surface area contributed by atoms with Crippen LogP contribution >= 0.6 is 0 Å². The molecule has 1 amide bonds. The molecule has 0 saturated heterocycles. The first kappa shape index (κ1) is 11.2. The van der Waals surface area contributed by atoms with Crippen LogP contribution in [0.4, 0.5) is 0 Å². The van der Waals surface area contributed by atoms with Crippen molar-refractivity contribution in [2.75, 3.05) is 0 Å². The van der Waals surface area contributed by atoms with Crippen LogP contribution in [0.25, 0.3) is 0 Å². The van der Waals surface area contributed by atoms with Crippen molar-refractivity contribution in [3.8, 4) is 5.75 Å². The average molecular weight is 231 g/mol. The van der Waals surface area contributed by atoms with E-state index in [1.54, 1.807) is 36.8 Å². The number of rotatable bonds is 4. The zero-order valence-electron chi connectivity index (χ0n) is 9.18. The molecule has 0 aliphatic carbocycles. The predicted molar refractivity (Wildman–Crippen MR) is 62.2 cm³/mol. The van der Waals surface area contributed by atoms with E-state index in [0.29, 0.717) is 12.1 Å². The Labute approximate surface area is 98.5 Å². The Morgan fingerprint density at radius 3 is 2.94 bits per heavy atom. The molecule has 0 unspecified atom stereocenters. The molecule has 17 heavy (non-hydrogen) atoms. The van der Waals surface area contributed by atoms with Gasteiger partial charge in [0.05, 0.1) is 25.0 Å². The fourth-order valence-electron chi connectivity index (χ4n) is 1.47. The molecular formula is C12H13N3O2. The van der Waals surface area contributed by atoms with Gasteiger partial charge in [-0.1, -0.05) is 18.2 Å². The summed E-state index contributed by atoms with van der Waals surface area (Å²) in [6.07, 6.45) is 3.38. The van der Waals surface area contributed by atoms with E-state index in [9.17, 15) is 9.90 Å². The Balaban J connectivity index is 1.87. The van der Waals surface area contributed by atoms with E-state index in [1.165, 1.54) is 0 Å². The normalized spacial score (nSPS) is 10.1. The fraction of sp³-hybridized carbons (Fsp3) is 0.167. The number of aromatic nitrogens is 2. The standard InChI is InChI=1S/C12H13N3O2/c16-11-4-2-1-3-9(11)5-12(17)14-7-10-6-13-8-15-10/h1-4,6,8,16H,5,7H2,(H,13,15)(H,14,17). The molecule has 2 rings (SSSR count). The minimum absolute atomic E-state index is 0.138. The molecule has 0 bridgehead atoms. The molecule has 0 radical (unpaired) electrons. The van der Waals surface area contributed by atoms with Gasteiger partial charge in [0, 0.05) is 11.8 Å². The number of carbonyl (C=O) groups is 1. The number of benzene rings is 1. The van der Waals surface area contributed by atoms with Crippen molar-refractivity contribution in [3.05, 3.63) is 48.0 Å². The fourth-order valence-corrected chi connectivity index (χ4v) is 1.47. The predicted octanol–water partition coefficient (Wildman–Crippen LogP) is 0.974. The molecule has 5 heteroatoms. The second kappa shape index (κ2) is 5.16. The maximum absolute atomic E-state index is 11.6. The highest BCUT2D eigenvalue weighted by Gasteiger charge is 2.06. The summed E-state index contributed by atoms with van der Waals surface area (Å²) in [5.41, 5.74) is 1.46. The molecule has 5 nitrogen and oxygen atoms in total. The number of aromatic hydroxyl groups is 1. The van der Waals surface area contributed by atoms with Crippen molar-refractivity contribution in [2.24, 2.45) is 0 Å². The summed E-state index contributed by atoms with van der Waals surface area (Å²) in [5, 5.41) is 12.3. The monoisotopic (exact) mass is 231 g/mol. The molecule has 0 aliphatic rings. The Kier molecular flexibility index (Phi) is 3.40. The third kappa shape index (κ3) is 3.07. The number of aromatic amines is 1. The summed E-state index contributed by atoms with van der Waals surface area (Å²) < 4.78 is 0. The van der Waals surface area contributed by atoms with Crippen LogP contribution in [-0.2, 0) is 17.8 Å². The first-order valence-corrected chi connectivity index (χ1v) is 5.26. The summed E-state index contributed by atoms with van der Waals surface area (Å²) in [5.74, 6) is 0.00490. The molecular weight excluding hydrogens is 218 g/mol. The van der Waals surface area contributed by atoms with Crippen LogP contribution < -0.4 is 5.32 Å². The van der Waals surface area contributed by atoms with Gasteiger partial charge in [0.25, 0.3) is 0 Å². The minimum Gasteiger partial charge on any atom is -0.508 e. The van der Waals surface area contributed by atoms with Crippen molar-refractivity contribution in [3.63, 3.8) is 0 Å². The quantitative estimate of drug-likeness (QED) is 0.733. The summed E-state index contributed by atoms with van der Waals surface area (Å²) in [7, 11) is 0. The van der Waals surface area contributed by atoms with Gasteiger partial charge in [-0.05, 0) is 6.07 Å². The van der Waals surface area contributed by atoms with Crippen LogP contribution in [0.15, 0.2) is 36.8 Å². The first-order chi connectivity index (χ1) is 8.25. The van der Waals surface area contributed by atoms with Gasteiger partial charge in [-0.25, -0.2) is 4.98 Å². The van der Waals surface area contributed by atoms with Gasteiger partial charge < -0.3 is 15.4 Å². The number of phenolic OH excluding ortho intramolecular Hbond substituents is 1. The number of imidazole rings is 1. The molecule has 2 aromatic rings. The average Bonchev–Trinajstić information content (AvgIpc) is 2.82. The largest absolute Gasteiger partial charge is 0.508 e. The van der Waals surface area contributed by atoms with Gasteiger partial charge in [0.1, 0.15) is 5.75 Å². The van der Waals surface area contributed by atoms with Crippen LogP contribution in [0, 0.1) is 0 Å². The molecule has 0 aliphatic heterocycles. The summed E-state index contributed by atoms with van der Waals surface area (Å²) in [6, 6.07) is 6.81. The Morgan fingerprint density at radius 2 is 2.24 bits per heavy atom. The van der Waals surface area contributed by atoms with Crippen LogP contribution in [-0.4, -0.2) is 21.0 Å². The van der Waals surface area contributed by atoms with Gasteiger partial charge in [0.2, 0.25) is 5.91 Å². The maximum Gasteiger partial charge on any atom is 0.224 e. The van der Waals surface area contributed by atoms with E-state index in [0.717, 1.165) is 5.69 Å². The number of phenols is 1. The van der Waals surface area contributed by atoms with Gasteiger partial charge >= 0.3 is 0 Å². The summed E-state index contributed by atoms with van der Waals surface area (Å²) in [6.45, 7) is 0.409. The SMILES string of the molecule is O=C(Cc1ccccc1O)NCc1cnc[nH]1. The number of amides is 1. The molecule has 0 saturated carbocycles. The molecule has 0 spiro atoms. The molecule has 88 valence electrons. The number of nitrogens with one attached hydrogen (secondary N) is 2. The molecule has 1 heterocycles. The number of hydrogen-bond acceptors (Lipinski definition) is 3. The van der Waals surface area contributed by atoms with Crippen LogP contribution in [0.5, 0.6) is 5.75 Å². The minimum atomic E-state index is -0.138. The Bertz CT molecular complexity index is 494. The number of para-hydroxylation sites is 1. The van der Waals surface area contributed by atoms with Crippen molar-refractivity contribution in [1.29, 1.82) is 0 Å². The molecule has 1 aromatic heterocycles. The van der Waals surface area contributed by atoms with Crippen LogP contribution in [0.3, 0.4) is 0 Å². The highest BCUT2D eigenvalue weighted by molar-refractivity contribution is 5.79. The van der Waals surface area contributed by atoms with Gasteiger partial charge in [-0.2, -0.15) is 0 Å².